The highest BCUT2D eigenvalue weighted by Crippen LogP contribution is 2.22. The maximum absolute atomic E-state index is 13.2. The van der Waals surface area contributed by atoms with Crippen LogP contribution in [0.15, 0.2) is 35.0 Å². The smallest absolute Gasteiger partial charge is 0.123 e. The third kappa shape index (κ3) is 2.91. The van der Waals surface area contributed by atoms with Gasteiger partial charge in [0, 0.05) is 0 Å². The minimum absolute atomic E-state index is 0.0294. The molecule has 0 aliphatic rings. The number of halogens is 1. The lowest BCUT2D eigenvalue weighted by Crippen LogP contribution is -2.29. The molecule has 90 valence electrons. The van der Waals surface area contributed by atoms with Gasteiger partial charge in [0.1, 0.15) is 5.82 Å². The van der Waals surface area contributed by atoms with Gasteiger partial charge in [-0.1, -0.05) is 6.07 Å². The van der Waals surface area contributed by atoms with Crippen molar-refractivity contribution in [2.75, 3.05) is 0 Å². The second-order valence-corrected chi connectivity index (χ2v) is 4.83. The number of hydrogen-bond donors (Lipinski definition) is 2. The standard InChI is InChI=1S/C13H15FN2S/c1-9-2-3-12(14)6-11(9)7-13(16-15)10-4-5-17-8-10/h2-6,8,13,16H,7,15H2,1H3. The number of hydrazine groups is 1. The summed E-state index contributed by atoms with van der Waals surface area (Å²) in [5.74, 6) is 5.36. The molecule has 0 saturated heterocycles. The summed E-state index contributed by atoms with van der Waals surface area (Å²) < 4.78 is 13.2. The van der Waals surface area contributed by atoms with E-state index in [1.807, 2.05) is 18.4 Å². The van der Waals surface area contributed by atoms with Gasteiger partial charge in [0.15, 0.2) is 0 Å². The molecule has 1 atom stereocenters. The Labute approximate surface area is 104 Å². The highest BCUT2D eigenvalue weighted by Gasteiger charge is 2.12. The average molecular weight is 250 g/mol. The van der Waals surface area contributed by atoms with Crippen LogP contribution < -0.4 is 11.3 Å². The zero-order valence-electron chi connectivity index (χ0n) is 9.61. The van der Waals surface area contributed by atoms with Crippen LogP contribution in [-0.4, -0.2) is 0 Å². The first-order valence-corrected chi connectivity index (χ1v) is 6.38. The van der Waals surface area contributed by atoms with E-state index in [9.17, 15) is 4.39 Å². The molecule has 0 saturated carbocycles. The average Bonchev–Trinajstić information content (AvgIpc) is 2.84. The van der Waals surface area contributed by atoms with Crippen LogP contribution in [0.3, 0.4) is 0 Å². The molecule has 1 aromatic carbocycles. The monoisotopic (exact) mass is 250 g/mol. The predicted molar refractivity (Wildman–Crippen MR) is 69.2 cm³/mol. The number of hydrogen-bond acceptors (Lipinski definition) is 3. The largest absolute Gasteiger partial charge is 0.271 e. The van der Waals surface area contributed by atoms with E-state index in [0.717, 1.165) is 16.7 Å². The molecular weight excluding hydrogens is 235 g/mol. The fourth-order valence-corrected chi connectivity index (χ4v) is 2.54. The van der Waals surface area contributed by atoms with Crippen LogP contribution in [0.2, 0.25) is 0 Å². The van der Waals surface area contributed by atoms with Gasteiger partial charge in [0.05, 0.1) is 6.04 Å². The van der Waals surface area contributed by atoms with Gasteiger partial charge in [-0.25, -0.2) is 4.39 Å². The Morgan fingerprint density at radius 3 is 2.88 bits per heavy atom. The minimum Gasteiger partial charge on any atom is -0.271 e. The Morgan fingerprint density at radius 2 is 2.24 bits per heavy atom. The Hall–Kier alpha value is -1.23. The maximum atomic E-state index is 13.2. The molecule has 2 aromatic rings. The van der Waals surface area contributed by atoms with E-state index in [0.29, 0.717) is 6.42 Å². The Morgan fingerprint density at radius 1 is 1.41 bits per heavy atom. The number of rotatable bonds is 4. The number of nitrogens with two attached hydrogens (primary N) is 1. The highest BCUT2D eigenvalue weighted by atomic mass is 32.1. The maximum Gasteiger partial charge on any atom is 0.123 e. The third-order valence-electron chi connectivity index (χ3n) is 2.88. The number of benzene rings is 1. The summed E-state index contributed by atoms with van der Waals surface area (Å²) in [6, 6.07) is 6.91. The summed E-state index contributed by atoms with van der Waals surface area (Å²) >= 11 is 1.63. The first-order chi connectivity index (χ1) is 8.20. The summed E-state index contributed by atoms with van der Waals surface area (Å²) in [5.41, 5.74) is 5.99. The SMILES string of the molecule is Cc1ccc(F)cc1CC(NN)c1ccsc1. The summed E-state index contributed by atoms with van der Waals surface area (Å²) in [7, 11) is 0. The molecule has 0 radical (unpaired) electrons. The Kier molecular flexibility index (Phi) is 3.89. The lowest BCUT2D eigenvalue weighted by Gasteiger charge is -2.16. The second kappa shape index (κ2) is 5.40. The molecule has 3 N–H and O–H groups in total. The quantitative estimate of drug-likeness (QED) is 0.647. The van der Waals surface area contributed by atoms with Gasteiger partial charge >= 0.3 is 0 Å². The molecule has 2 nitrogen and oxygen atoms in total. The molecule has 0 bridgehead atoms. The molecule has 1 unspecified atom stereocenters. The van der Waals surface area contributed by atoms with Crippen LogP contribution in [0.1, 0.15) is 22.7 Å². The van der Waals surface area contributed by atoms with Crippen molar-refractivity contribution in [2.24, 2.45) is 5.84 Å². The summed E-state index contributed by atoms with van der Waals surface area (Å²) in [4.78, 5) is 0. The van der Waals surface area contributed by atoms with Crippen LogP contribution in [-0.2, 0) is 6.42 Å². The van der Waals surface area contributed by atoms with Gasteiger partial charge in [0.25, 0.3) is 0 Å². The first kappa shape index (κ1) is 12.2. The Bertz CT molecular complexity index is 482. The van der Waals surface area contributed by atoms with Crippen LogP contribution >= 0.6 is 11.3 Å². The van der Waals surface area contributed by atoms with E-state index in [4.69, 9.17) is 5.84 Å². The van der Waals surface area contributed by atoms with Crippen LogP contribution in [0.5, 0.6) is 0 Å². The topological polar surface area (TPSA) is 38.0 Å². The first-order valence-electron chi connectivity index (χ1n) is 5.44. The van der Waals surface area contributed by atoms with Crippen molar-refractivity contribution < 1.29 is 4.39 Å². The molecule has 0 aliphatic carbocycles. The molecule has 2 rings (SSSR count). The van der Waals surface area contributed by atoms with Crippen LogP contribution in [0.25, 0.3) is 0 Å². The van der Waals surface area contributed by atoms with Crippen LogP contribution in [0.4, 0.5) is 4.39 Å². The van der Waals surface area contributed by atoms with Crippen molar-refractivity contribution in [3.63, 3.8) is 0 Å². The van der Waals surface area contributed by atoms with E-state index in [-0.39, 0.29) is 11.9 Å². The zero-order valence-corrected chi connectivity index (χ0v) is 10.4. The number of nitrogens with one attached hydrogen (secondary N) is 1. The van der Waals surface area contributed by atoms with Gasteiger partial charge in [-0.15, -0.1) is 0 Å². The van der Waals surface area contributed by atoms with E-state index in [1.165, 1.54) is 6.07 Å². The molecule has 0 aliphatic heterocycles. The minimum atomic E-state index is -0.202. The third-order valence-corrected chi connectivity index (χ3v) is 3.58. The van der Waals surface area contributed by atoms with Gasteiger partial charge in [-0.2, -0.15) is 11.3 Å². The lowest BCUT2D eigenvalue weighted by atomic mass is 9.98. The molecule has 0 fully saturated rings. The second-order valence-electron chi connectivity index (χ2n) is 4.05. The van der Waals surface area contributed by atoms with Crippen molar-refractivity contribution >= 4 is 11.3 Å². The zero-order chi connectivity index (χ0) is 12.3. The van der Waals surface area contributed by atoms with Crippen molar-refractivity contribution in [1.82, 2.24) is 5.43 Å². The summed E-state index contributed by atoms with van der Waals surface area (Å²) in [6.07, 6.45) is 0.691. The fourth-order valence-electron chi connectivity index (χ4n) is 1.83. The summed E-state index contributed by atoms with van der Waals surface area (Å²) in [6.45, 7) is 1.98. The van der Waals surface area contributed by atoms with Gasteiger partial charge in [0.2, 0.25) is 0 Å². The van der Waals surface area contributed by atoms with E-state index < -0.39 is 0 Å². The van der Waals surface area contributed by atoms with E-state index in [1.54, 1.807) is 23.5 Å². The van der Waals surface area contributed by atoms with Crippen molar-refractivity contribution in [3.05, 3.63) is 57.5 Å². The molecule has 17 heavy (non-hydrogen) atoms. The summed E-state index contributed by atoms with van der Waals surface area (Å²) in [5, 5.41) is 4.07. The van der Waals surface area contributed by atoms with E-state index in [2.05, 4.69) is 10.8 Å². The van der Waals surface area contributed by atoms with Crippen molar-refractivity contribution in [1.29, 1.82) is 0 Å². The molecule has 1 heterocycles. The van der Waals surface area contributed by atoms with Gasteiger partial charge in [-0.3, -0.25) is 11.3 Å². The Balaban J connectivity index is 2.21. The van der Waals surface area contributed by atoms with Gasteiger partial charge in [-0.05, 0) is 59.0 Å². The van der Waals surface area contributed by atoms with Crippen molar-refractivity contribution in [2.45, 2.75) is 19.4 Å². The lowest BCUT2D eigenvalue weighted by molar-refractivity contribution is 0.548. The van der Waals surface area contributed by atoms with E-state index >= 15 is 0 Å². The number of thiophene rings is 1. The van der Waals surface area contributed by atoms with Crippen molar-refractivity contribution in [3.8, 4) is 0 Å². The molecule has 0 spiro atoms. The molecule has 0 amide bonds. The predicted octanol–water partition coefficient (Wildman–Crippen LogP) is 2.94. The fraction of sp³-hybridized carbons (Fsp3) is 0.231. The van der Waals surface area contributed by atoms with Gasteiger partial charge < -0.3 is 0 Å². The number of aryl methyl sites for hydroxylation is 1. The highest BCUT2D eigenvalue weighted by molar-refractivity contribution is 7.07. The normalized spacial score (nSPS) is 12.6. The molecular formula is C13H15FN2S. The molecule has 1 aromatic heterocycles. The molecule has 4 heteroatoms. The van der Waals surface area contributed by atoms with Crippen LogP contribution in [0, 0.1) is 12.7 Å².